The number of benzene rings is 2. The zero-order chi connectivity index (χ0) is 17.8. The Kier molecular flexibility index (Phi) is 4.61. The van der Waals surface area contributed by atoms with Gasteiger partial charge < -0.3 is 10.1 Å². The molecule has 0 aliphatic carbocycles. The molecule has 0 atom stereocenters. The van der Waals surface area contributed by atoms with Crippen LogP contribution in [0.3, 0.4) is 0 Å². The van der Waals surface area contributed by atoms with E-state index in [1.807, 2.05) is 37.3 Å². The normalized spacial score (nSPS) is 10.3. The number of hydrogen-bond acceptors (Lipinski definition) is 4. The summed E-state index contributed by atoms with van der Waals surface area (Å²) in [6.07, 6.45) is 1.53. The van der Waals surface area contributed by atoms with Crippen LogP contribution in [0.2, 0.25) is 0 Å². The molecule has 3 aromatic rings. The largest absolute Gasteiger partial charge is 0.465 e. The first-order chi connectivity index (χ1) is 12.1. The van der Waals surface area contributed by atoms with Crippen molar-refractivity contribution in [3.63, 3.8) is 0 Å². The lowest BCUT2D eigenvalue weighted by Gasteiger charge is -2.07. The average Bonchev–Trinajstić information content (AvgIpc) is 3.03. The van der Waals surface area contributed by atoms with Crippen LogP contribution in [-0.4, -0.2) is 28.8 Å². The number of amides is 1. The molecule has 0 unspecified atom stereocenters. The van der Waals surface area contributed by atoms with E-state index < -0.39 is 5.97 Å². The standard InChI is InChI=1S/C19H17N3O3/c1-13-17(12-20-22(13)16-9-4-3-5-10-16)18(23)21-15-8-6-7-14(11-15)19(24)25-2/h3-12H,1-2H3,(H,21,23). The van der Waals surface area contributed by atoms with Gasteiger partial charge in [-0.1, -0.05) is 24.3 Å². The van der Waals surface area contributed by atoms with E-state index in [0.717, 1.165) is 11.4 Å². The topological polar surface area (TPSA) is 73.2 Å². The molecule has 25 heavy (non-hydrogen) atoms. The molecule has 6 nitrogen and oxygen atoms in total. The molecule has 0 fully saturated rings. The molecule has 6 heteroatoms. The number of nitrogens with one attached hydrogen (secondary N) is 1. The predicted molar refractivity (Wildman–Crippen MR) is 94.0 cm³/mol. The third kappa shape index (κ3) is 3.42. The highest BCUT2D eigenvalue weighted by Crippen LogP contribution is 2.17. The lowest BCUT2D eigenvalue weighted by molar-refractivity contribution is 0.0600. The maximum Gasteiger partial charge on any atom is 0.337 e. The molecule has 0 aliphatic rings. The molecule has 0 spiro atoms. The van der Waals surface area contributed by atoms with E-state index in [2.05, 4.69) is 15.2 Å². The Morgan fingerprint density at radius 1 is 1.08 bits per heavy atom. The molecule has 0 radical (unpaired) electrons. The highest BCUT2D eigenvalue weighted by molar-refractivity contribution is 6.05. The molecule has 3 rings (SSSR count). The highest BCUT2D eigenvalue weighted by Gasteiger charge is 2.16. The summed E-state index contributed by atoms with van der Waals surface area (Å²) in [4.78, 5) is 24.1. The van der Waals surface area contributed by atoms with Crippen molar-refractivity contribution in [2.45, 2.75) is 6.92 Å². The van der Waals surface area contributed by atoms with Crippen LogP contribution in [0.25, 0.3) is 5.69 Å². The van der Waals surface area contributed by atoms with Crippen LogP contribution in [0.1, 0.15) is 26.4 Å². The number of methoxy groups -OCH3 is 1. The van der Waals surface area contributed by atoms with Gasteiger partial charge in [-0.2, -0.15) is 5.10 Å². The second-order valence-electron chi connectivity index (χ2n) is 5.42. The maximum absolute atomic E-state index is 12.5. The number of aromatic nitrogens is 2. The summed E-state index contributed by atoms with van der Waals surface area (Å²) in [6, 6.07) is 16.2. The van der Waals surface area contributed by atoms with Crippen molar-refractivity contribution in [2.75, 3.05) is 12.4 Å². The van der Waals surface area contributed by atoms with E-state index in [9.17, 15) is 9.59 Å². The zero-order valence-corrected chi connectivity index (χ0v) is 13.9. The fourth-order valence-electron chi connectivity index (χ4n) is 2.50. The number of anilines is 1. The first-order valence-electron chi connectivity index (χ1n) is 7.70. The molecular formula is C19H17N3O3. The number of ether oxygens (including phenoxy) is 1. The fourth-order valence-corrected chi connectivity index (χ4v) is 2.50. The summed E-state index contributed by atoms with van der Waals surface area (Å²) < 4.78 is 6.40. The Labute approximate surface area is 145 Å². The molecule has 126 valence electrons. The number of rotatable bonds is 4. The van der Waals surface area contributed by atoms with E-state index >= 15 is 0 Å². The van der Waals surface area contributed by atoms with E-state index in [4.69, 9.17) is 0 Å². The number of esters is 1. The van der Waals surface area contributed by atoms with Crippen LogP contribution < -0.4 is 5.32 Å². The number of nitrogens with zero attached hydrogens (tertiary/aromatic N) is 2. The molecule has 0 bridgehead atoms. The van der Waals surface area contributed by atoms with Gasteiger partial charge in [-0.25, -0.2) is 9.48 Å². The molecular weight excluding hydrogens is 318 g/mol. The van der Waals surface area contributed by atoms with Crippen molar-refractivity contribution in [2.24, 2.45) is 0 Å². The molecule has 1 aromatic heterocycles. The Balaban J connectivity index is 1.83. The van der Waals surface area contributed by atoms with Crippen LogP contribution >= 0.6 is 0 Å². The van der Waals surface area contributed by atoms with E-state index in [1.54, 1.807) is 28.9 Å². The Hall–Kier alpha value is -3.41. The summed E-state index contributed by atoms with van der Waals surface area (Å²) >= 11 is 0. The number of para-hydroxylation sites is 1. The van der Waals surface area contributed by atoms with Gasteiger partial charge in [0.1, 0.15) is 0 Å². The third-order valence-corrected chi connectivity index (χ3v) is 3.80. The molecule has 1 heterocycles. The number of hydrogen-bond donors (Lipinski definition) is 1. The average molecular weight is 335 g/mol. The smallest absolute Gasteiger partial charge is 0.337 e. The minimum Gasteiger partial charge on any atom is -0.465 e. The minimum absolute atomic E-state index is 0.290. The predicted octanol–water partition coefficient (Wildman–Crippen LogP) is 3.22. The molecule has 1 N–H and O–H groups in total. The van der Waals surface area contributed by atoms with Gasteiger partial charge in [-0.05, 0) is 37.3 Å². The number of carbonyl (C=O) groups excluding carboxylic acids is 2. The first kappa shape index (κ1) is 16.4. The van der Waals surface area contributed by atoms with Crippen molar-refractivity contribution in [1.29, 1.82) is 0 Å². The van der Waals surface area contributed by atoms with Gasteiger partial charge in [0.05, 0.1) is 35.8 Å². The summed E-state index contributed by atoms with van der Waals surface area (Å²) in [6.45, 7) is 1.83. The zero-order valence-electron chi connectivity index (χ0n) is 13.9. The number of carbonyl (C=O) groups is 2. The van der Waals surface area contributed by atoms with Crippen molar-refractivity contribution in [1.82, 2.24) is 9.78 Å². The van der Waals surface area contributed by atoms with Gasteiger partial charge in [-0.15, -0.1) is 0 Å². The molecule has 0 aliphatic heterocycles. The van der Waals surface area contributed by atoms with Crippen molar-refractivity contribution >= 4 is 17.6 Å². The van der Waals surface area contributed by atoms with Crippen LogP contribution in [0.4, 0.5) is 5.69 Å². The van der Waals surface area contributed by atoms with Gasteiger partial charge in [0.2, 0.25) is 0 Å². The van der Waals surface area contributed by atoms with E-state index in [0.29, 0.717) is 16.8 Å². The molecule has 2 aromatic carbocycles. The third-order valence-electron chi connectivity index (χ3n) is 3.80. The second kappa shape index (κ2) is 7.00. The summed E-state index contributed by atoms with van der Waals surface area (Å²) in [5.41, 5.74) is 2.96. The van der Waals surface area contributed by atoms with Crippen molar-refractivity contribution in [3.8, 4) is 5.69 Å². The molecule has 0 saturated heterocycles. The molecule has 1 amide bonds. The van der Waals surface area contributed by atoms with E-state index in [-0.39, 0.29) is 5.91 Å². The minimum atomic E-state index is -0.454. The Bertz CT molecular complexity index is 917. The van der Waals surface area contributed by atoms with E-state index in [1.165, 1.54) is 13.3 Å². The quantitative estimate of drug-likeness (QED) is 0.743. The maximum atomic E-state index is 12.5. The van der Waals surface area contributed by atoms with Crippen LogP contribution in [0, 0.1) is 6.92 Å². The lowest BCUT2D eigenvalue weighted by atomic mass is 10.2. The summed E-state index contributed by atoms with van der Waals surface area (Å²) in [5.74, 6) is -0.745. The van der Waals surface area contributed by atoms with Crippen molar-refractivity contribution in [3.05, 3.63) is 77.6 Å². The van der Waals surface area contributed by atoms with Gasteiger partial charge in [0, 0.05) is 5.69 Å². The second-order valence-corrected chi connectivity index (χ2v) is 5.42. The Morgan fingerprint density at radius 3 is 2.56 bits per heavy atom. The van der Waals surface area contributed by atoms with Crippen LogP contribution in [0.5, 0.6) is 0 Å². The van der Waals surface area contributed by atoms with Gasteiger partial charge >= 0.3 is 5.97 Å². The van der Waals surface area contributed by atoms with Crippen molar-refractivity contribution < 1.29 is 14.3 Å². The SMILES string of the molecule is COC(=O)c1cccc(NC(=O)c2cnn(-c3ccccc3)c2C)c1. The van der Waals surface area contributed by atoms with Gasteiger partial charge in [0.25, 0.3) is 5.91 Å². The monoisotopic (exact) mass is 335 g/mol. The first-order valence-corrected chi connectivity index (χ1v) is 7.70. The van der Waals surface area contributed by atoms with Gasteiger partial charge in [0.15, 0.2) is 0 Å². The Morgan fingerprint density at radius 2 is 1.84 bits per heavy atom. The van der Waals surface area contributed by atoms with Gasteiger partial charge in [-0.3, -0.25) is 4.79 Å². The molecule has 0 saturated carbocycles. The van der Waals surface area contributed by atoms with Crippen LogP contribution in [0.15, 0.2) is 60.8 Å². The summed E-state index contributed by atoms with van der Waals surface area (Å²) in [7, 11) is 1.31. The lowest BCUT2D eigenvalue weighted by Crippen LogP contribution is -2.13. The highest BCUT2D eigenvalue weighted by atomic mass is 16.5. The fraction of sp³-hybridized carbons (Fsp3) is 0.105. The summed E-state index contributed by atoms with van der Waals surface area (Å²) in [5, 5.41) is 7.07. The van der Waals surface area contributed by atoms with Crippen LogP contribution in [-0.2, 0) is 4.74 Å².